The fourth-order valence-electron chi connectivity index (χ4n) is 2.61. The second-order valence-electron chi connectivity index (χ2n) is 4.87. The van der Waals surface area contributed by atoms with Gasteiger partial charge in [-0.2, -0.15) is 0 Å². The fourth-order valence-corrected chi connectivity index (χ4v) is 2.80. The molecule has 0 N–H and O–H groups in total. The van der Waals surface area contributed by atoms with E-state index in [1.807, 2.05) is 0 Å². The third-order valence-corrected chi connectivity index (χ3v) is 3.73. The van der Waals surface area contributed by atoms with Gasteiger partial charge in [-0.1, -0.05) is 26.3 Å². The van der Waals surface area contributed by atoms with Crippen LogP contribution in [0.2, 0.25) is 0 Å². The lowest BCUT2D eigenvalue weighted by Crippen LogP contribution is -2.10. The standard InChI is InChI=1S/C15H21ClN2/c1-4-6-12(5-2)18-14-8-7-11(3)9-13(14)17-15(18)10-16/h7-9,12H,4-6,10H2,1-3H3. The van der Waals surface area contributed by atoms with Gasteiger partial charge in [0.05, 0.1) is 16.9 Å². The first-order chi connectivity index (χ1) is 8.71. The first-order valence-electron chi connectivity index (χ1n) is 6.74. The summed E-state index contributed by atoms with van der Waals surface area (Å²) in [6.45, 7) is 6.56. The predicted molar refractivity (Wildman–Crippen MR) is 78.3 cm³/mol. The average Bonchev–Trinajstić information content (AvgIpc) is 2.73. The highest BCUT2D eigenvalue weighted by Crippen LogP contribution is 2.27. The second kappa shape index (κ2) is 5.75. The van der Waals surface area contributed by atoms with E-state index >= 15 is 0 Å². The summed E-state index contributed by atoms with van der Waals surface area (Å²) >= 11 is 6.06. The smallest absolute Gasteiger partial charge is 0.125 e. The van der Waals surface area contributed by atoms with Crippen molar-refractivity contribution in [3.05, 3.63) is 29.6 Å². The van der Waals surface area contributed by atoms with Crippen LogP contribution < -0.4 is 0 Å². The molecular weight excluding hydrogens is 244 g/mol. The van der Waals surface area contributed by atoms with Crippen molar-refractivity contribution in [2.24, 2.45) is 0 Å². The van der Waals surface area contributed by atoms with E-state index in [-0.39, 0.29) is 0 Å². The van der Waals surface area contributed by atoms with Crippen molar-refractivity contribution in [1.29, 1.82) is 0 Å². The van der Waals surface area contributed by atoms with Crippen LogP contribution in [0.5, 0.6) is 0 Å². The lowest BCUT2D eigenvalue weighted by Gasteiger charge is -2.19. The SMILES string of the molecule is CCCC(CC)n1c(CCl)nc2cc(C)ccc21. The molecule has 0 aliphatic rings. The van der Waals surface area contributed by atoms with Crippen LogP contribution in [0, 0.1) is 6.92 Å². The first kappa shape index (κ1) is 13.4. The minimum atomic E-state index is 0.480. The van der Waals surface area contributed by atoms with Crippen LogP contribution in [0.25, 0.3) is 11.0 Å². The molecule has 0 amide bonds. The van der Waals surface area contributed by atoms with Gasteiger partial charge in [-0.3, -0.25) is 0 Å². The van der Waals surface area contributed by atoms with E-state index in [2.05, 4.69) is 48.5 Å². The molecule has 98 valence electrons. The Kier molecular flexibility index (Phi) is 4.28. The largest absolute Gasteiger partial charge is 0.324 e. The van der Waals surface area contributed by atoms with E-state index in [0.717, 1.165) is 17.8 Å². The Morgan fingerprint density at radius 2 is 2.11 bits per heavy atom. The summed E-state index contributed by atoms with van der Waals surface area (Å²) < 4.78 is 2.34. The Morgan fingerprint density at radius 3 is 2.72 bits per heavy atom. The van der Waals surface area contributed by atoms with Crippen molar-refractivity contribution in [1.82, 2.24) is 9.55 Å². The third kappa shape index (κ3) is 2.39. The number of benzene rings is 1. The van der Waals surface area contributed by atoms with Crippen molar-refractivity contribution >= 4 is 22.6 Å². The Morgan fingerprint density at radius 1 is 1.33 bits per heavy atom. The quantitative estimate of drug-likeness (QED) is 0.707. The summed E-state index contributed by atoms with van der Waals surface area (Å²) in [7, 11) is 0. The summed E-state index contributed by atoms with van der Waals surface area (Å²) in [6, 6.07) is 6.97. The number of imidazole rings is 1. The molecule has 1 unspecified atom stereocenters. The summed E-state index contributed by atoms with van der Waals surface area (Å²) in [5.41, 5.74) is 3.54. The van der Waals surface area contributed by atoms with E-state index in [9.17, 15) is 0 Å². The van der Waals surface area contributed by atoms with Crippen LogP contribution in [0.15, 0.2) is 18.2 Å². The lowest BCUT2D eigenvalue weighted by atomic mass is 10.1. The minimum Gasteiger partial charge on any atom is -0.324 e. The number of hydrogen-bond donors (Lipinski definition) is 0. The van der Waals surface area contributed by atoms with Crippen LogP contribution in [0.4, 0.5) is 0 Å². The van der Waals surface area contributed by atoms with Crippen LogP contribution in [-0.4, -0.2) is 9.55 Å². The van der Waals surface area contributed by atoms with Crippen LogP contribution in [-0.2, 0) is 5.88 Å². The van der Waals surface area contributed by atoms with Gasteiger partial charge in [-0.05, 0) is 37.5 Å². The molecule has 2 nitrogen and oxygen atoms in total. The molecule has 1 heterocycles. The van der Waals surface area contributed by atoms with Crippen molar-refractivity contribution in [3.8, 4) is 0 Å². The predicted octanol–water partition coefficient (Wildman–Crippen LogP) is 4.83. The molecule has 0 radical (unpaired) electrons. The molecule has 2 rings (SSSR count). The molecule has 18 heavy (non-hydrogen) atoms. The maximum Gasteiger partial charge on any atom is 0.125 e. The summed E-state index contributed by atoms with van der Waals surface area (Å²) in [5, 5.41) is 0. The number of halogens is 1. The van der Waals surface area contributed by atoms with Crippen LogP contribution in [0.3, 0.4) is 0 Å². The topological polar surface area (TPSA) is 17.8 Å². The number of nitrogens with zero attached hydrogens (tertiary/aromatic N) is 2. The Hall–Kier alpha value is -1.02. The van der Waals surface area contributed by atoms with E-state index in [0.29, 0.717) is 11.9 Å². The fraction of sp³-hybridized carbons (Fsp3) is 0.533. The zero-order valence-corrected chi connectivity index (χ0v) is 12.2. The van der Waals surface area contributed by atoms with Crippen molar-refractivity contribution in [2.75, 3.05) is 0 Å². The zero-order valence-electron chi connectivity index (χ0n) is 11.4. The summed E-state index contributed by atoms with van der Waals surface area (Å²) in [6.07, 6.45) is 3.49. The van der Waals surface area contributed by atoms with Crippen LogP contribution in [0.1, 0.15) is 50.5 Å². The molecule has 3 heteroatoms. The second-order valence-corrected chi connectivity index (χ2v) is 5.14. The van der Waals surface area contributed by atoms with Crippen molar-refractivity contribution < 1.29 is 0 Å². The van der Waals surface area contributed by atoms with Gasteiger partial charge in [0.2, 0.25) is 0 Å². The first-order valence-corrected chi connectivity index (χ1v) is 7.28. The molecule has 0 aliphatic carbocycles. The Balaban J connectivity index is 2.58. The Labute approximate surface area is 114 Å². The maximum absolute atomic E-state index is 6.06. The highest BCUT2D eigenvalue weighted by molar-refractivity contribution is 6.16. The number of aromatic nitrogens is 2. The van der Waals surface area contributed by atoms with Gasteiger partial charge in [0, 0.05) is 6.04 Å². The zero-order chi connectivity index (χ0) is 13.1. The van der Waals surface area contributed by atoms with Crippen LogP contribution >= 0.6 is 11.6 Å². The molecule has 2 aromatic rings. The lowest BCUT2D eigenvalue weighted by molar-refractivity contribution is 0.448. The van der Waals surface area contributed by atoms with Gasteiger partial charge in [0.25, 0.3) is 0 Å². The number of hydrogen-bond acceptors (Lipinski definition) is 1. The molecule has 0 aliphatic heterocycles. The monoisotopic (exact) mass is 264 g/mol. The molecule has 1 aromatic carbocycles. The molecule has 0 saturated carbocycles. The third-order valence-electron chi connectivity index (χ3n) is 3.50. The number of aryl methyl sites for hydroxylation is 1. The normalized spacial score (nSPS) is 13.1. The molecule has 0 fully saturated rings. The molecule has 0 saturated heterocycles. The van der Waals surface area contributed by atoms with Gasteiger partial charge in [0.1, 0.15) is 5.82 Å². The van der Waals surface area contributed by atoms with E-state index in [4.69, 9.17) is 11.6 Å². The number of fused-ring (bicyclic) bond motifs is 1. The van der Waals surface area contributed by atoms with Crippen molar-refractivity contribution in [2.45, 2.75) is 52.0 Å². The molecular formula is C15H21ClN2. The minimum absolute atomic E-state index is 0.480. The van der Waals surface area contributed by atoms with Gasteiger partial charge in [-0.15, -0.1) is 11.6 Å². The molecule has 0 spiro atoms. The van der Waals surface area contributed by atoms with Gasteiger partial charge < -0.3 is 4.57 Å². The highest BCUT2D eigenvalue weighted by Gasteiger charge is 2.16. The molecule has 1 atom stereocenters. The van der Waals surface area contributed by atoms with Gasteiger partial charge in [-0.25, -0.2) is 4.98 Å². The summed E-state index contributed by atoms with van der Waals surface area (Å²) in [4.78, 5) is 4.67. The molecule has 1 aromatic heterocycles. The van der Waals surface area contributed by atoms with E-state index in [1.165, 1.54) is 23.9 Å². The number of rotatable bonds is 5. The number of alkyl halides is 1. The average molecular weight is 265 g/mol. The highest BCUT2D eigenvalue weighted by atomic mass is 35.5. The van der Waals surface area contributed by atoms with E-state index < -0.39 is 0 Å². The summed E-state index contributed by atoms with van der Waals surface area (Å²) in [5.74, 6) is 1.48. The van der Waals surface area contributed by atoms with E-state index in [1.54, 1.807) is 0 Å². The van der Waals surface area contributed by atoms with Gasteiger partial charge in [0.15, 0.2) is 0 Å². The maximum atomic E-state index is 6.06. The Bertz CT molecular complexity index is 531. The molecule has 0 bridgehead atoms. The van der Waals surface area contributed by atoms with Gasteiger partial charge >= 0.3 is 0 Å². The van der Waals surface area contributed by atoms with Crippen molar-refractivity contribution in [3.63, 3.8) is 0 Å².